The second-order valence-corrected chi connectivity index (χ2v) is 3.32. The van der Waals surface area contributed by atoms with Gasteiger partial charge < -0.3 is 0 Å². The molecule has 0 aromatic carbocycles. The molecule has 0 aromatic heterocycles. The Labute approximate surface area is 61.6 Å². The third kappa shape index (κ3) is 4.30. The van der Waals surface area contributed by atoms with E-state index in [0.717, 1.165) is 6.42 Å². The topological polar surface area (TPSA) is 43.1 Å². The van der Waals surface area contributed by atoms with Crippen molar-refractivity contribution in [2.24, 2.45) is 5.41 Å². The summed E-state index contributed by atoms with van der Waals surface area (Å²) in [4.78, 5) is 9.71. The van der Waals surface area contributed by atoms with Crippen LogP contribution in [0.15, 0.2) is 0 Å². The van der Waals surface area contributed by atoms with Crippen LogP contribution in [0.3, 0.4) is 0 Å². The maximum absolute atomic E-state index is 9.97. The molecule has 0 spiro atoms. The van der Waals surface area contributed by atoms with Gasteiger partial charge in [-0.2, -0.15) is 0 Å². The molecule has 3 heteroatoms. The third-order valence-electron chi connectivity index (χ3n) is 1.93. The fourth-order valence-electron chi connectivity index (χ4n) is 0.571. The summed E-state index contributed by atoms with van der Waals surface area (Å²) in [6.07, 6.45) is 1.68. The van der Waals surface area contributed by atoms with E-state index >= 15 is 0 Å². The molecule has 0 aliphatic rings. The maximum Gasteiger partial charge on any atom is 0.204 e. The summed E-state index contributed by atoms with van der Waals surface area (Å²) in [5, 5.41) is 9.97. The summed E-state index contributed by atoms with van der Waals surface area (Å²) in [5.41, 5.74) is 0.132. The fourth-order valence-corrected chi connectivity index (χ4v) is 0.571. The lowest BCUT2D eigenvalue weighted by Crippen LogP contribution is -2.15. The van der Waals surface area contributed by atoms with Crippen molar-refractivity contribution >= 4 is 0 Å². The summed E-state index contributed by atoms with van der Waals surface area (Å²) in [6, 6.07) is 0. The average Bonchev–Trinajstić information content (AvgIpc) is 1.85. The molecule has 0 N–H and O–H groups in total. The van der Waals surface area contributed by atoms with E-state index in [1.807, 2.05) is 0 Å². The van der Waals surface area contributed by atoms with Crippen LogP contribution in [0.2, 0.25) is 0 Å². The molecule has 0 amide bonds. The monoisotopic (exact) mass is 145 g/mol. The van der Waals surface area contributed by atoms with Crippen LogP contribution in [0.1, 0.15) is 33.6 Å². The first-order valence-corrected chi connectivity index (χ1v) is 3.60. The molecule has 0 fully saturated rings. The Balaban J connectivity index is 3.56. The highest BCUT2D eigenvalue weighted by Crippen LogP contribution is 2.23. The lowest BCUT2D eigenvalue weighted by Gasteiger charge is -2.19. The quantitative estimate of drug-likeness (QED) is 0.449. The van der Waals surface area contributed by atoms with Crippen LogP contribution in [-0.2, 0) is 0 Å². The molecule has 0 saturated heterocycles. The van der Waals surface area contributed by atoms with Gasteiger partial charge >= 0.3 is 0 Å². The molecule has 0 aromatic rings. The summed E-state index contributed by atoms with van der Waals surface area (Å²) < 4.78 is 0. The lowest BCUT2D eigenvalue weighted by molar-refractivity contribution is -0.482. The zero-order valence-electron chi connectivity index (χ0n) is 6.89. The molecule has 0 aliphatic heterocycles. The van der Waals surface area contributed by atoms with Crippen molar-refractivity contribution in [2.45, 2.75) is 33.6 Å². The Hall–Kier alpha value is -0.600. The normalized spacial score (nSPS) is 11.5. The minimum Gasteiger partial charge on any atom is -0.265 e. The van der Waals surface area contributed by atoms with Crippen molar-refractivity contribution in [3.05, 3.63) is 10.1 Å². The standard InChI is InChI=1S/C7H15NO2/c1-4-7(2,3)5-6-8(9)10/h4-6H2,1-3H3. The first kappa shape index (κ1) is 9.40. The van der Waals surface area contributed by atoms with Gasteiger partial charge in [0.05, 0.1) is 0 Å². The van der Waals surface area contributed by atoms with E-state index in [-0.39, 0.29) is 16.9 Å². The number of hydrogen-bond acceptors (Lipinski definition) is 2. The molecule has 0 aliphatic carbocycles. The van der Waals surface area contributed by atoms with Crippen LogP contribution >= 0.6 is 0 Å². The van der Waals surface area contributed by atoms with E-state index in [0.29, 0.717) is 6.42 Å². The molecule has 0 rings (SSSR count). The van der Waals surface area contributed by atoms with Gasteiger partial charge in [0.15, 0.2) is 0 Å². The van der Waals surface area contributed by atoms with Gasteiger partial charge in [0.1, 0.15) is 0 Å². The van der Waals surface area contributed by atoms with Crippen molar-refractivity contribution in [3.63, 3.8) is 0 Å². The summed E-state index contributed by atoms with van der Waals surface area (Å²) in [7, 11) is 0. The number of nitro groups is 1. The van der Waals surface area contributed by atoms with Gasteiger partial charge in [0.25, 0.3) is 0 Å². The van der Waals surface area contributed by atoms with Crippen molar-refractivity contribution in [1.29, 1.82) is 0 Å². The fraction of sp³-hybridized carbons (Fsp3) is 1.00. The molecule has 0 atom stereocenters. The predicted octanol–water partition coefficient (Wildman–Crippen LogP) is 2.09. The Morgan fingerprint density at radius 1 is 1.50 bits per heavy atom. The van der Waals surface area contributed by atoms with Crippen molar-refractivity contribution in [2.75, 3.05) is 6.54 Å². The highest BCUT2D eigenvalue weighted by atomic mass is 16.6. The molecule has 10 heavy (non-hydrogen) atoms. The van der Waals surface area contributed by atoms with E-state index < -0.39 is 0 Å². The lowest BCUT2D eigenvalue weighted by atomic mass is 9.87. The molecule has 3 nitrogen and oxygen atoms in total. The second-order valence-electron chi connectivity index (χ2n) is 3.32. The van der Waals surface area contributed by atoms with Gasteiger partial charge in [-0.1, -0.05) is 27.2 Å². The van der Waals surface area contributed by atoms with Crippen LogP contribution in [0.4, 0.5) is 0 Å². The van der Waals surface area contributed by atoms with Crippen LogP contribution in [0, 0.1) is 15.5 Å². The van der Waals surface area contributed by atoms with Crippen molar-refractivity contribution in [1.82, 2.24) is 0 Å². The predicted molar refractivity (Wildman–Crippen MR) is 40.6 cm³/mol. The molecule has 0 saturated carbocycles. The number of hydrogen-bond donors (Lipinski definition) is 0. The number of rotatable bonds is 4. The minimum atomic E-state index is -0.253. The van der Waals surface area contributed by atoms with Crippen LogP contribution in [0.5, 0.6) is 0 Å². The van der Waals surface area contributed by atoms with Gasteiger partial charge in [-0.3, -0.25) is 10.1 Å². The Bertz CT molecular complexity index is 121. The SMILES string of the molecule is CCC(C)(C)CC[N+](=O)[O-]. The second kappa shape index (κ2) is 3.54. The maximum atomic E-state index is 9.97. The van der Waals surface area contributed by atoms with Crippen LogP contribution in [0.25, 0.3) is 0 Å². The Kier molecular flexibility index (Phi) is 3.33. The average molecular weight is 145 g/mol. The van der Waals surface area contributed by atoms with E-state index in [1.54, 1.807) is 0 Å². The highest BCUT2D eigenvalue weighted by molar-refractivity contribution is 4.64. The van der Waals surface area contributed by atoms with Crippen molar-refractivity contribution in [3.8, 4) is 0 Å². The molecular formula is C7H15NO2. The molecule has 0 heterocycles. The zero-order valence-corrected chi connectivity index (χ0v) is 6.89. The Morgan fingerprint density at radius 3 is 2.30 bits per heavy atom. The van der Waals surface area contributed by atoms with E-state index in [4.69, 9.17) is 0 Å². The molecule has 0 bridgehead atoms. The van der Waals surface area contributed by atoms with Gasteiger partial charge in [-0.15, -0.1) is 0 Å². The Morgan fingerprint density at radius 2 is 2.00 bits per heavy atom. The summed E-state index contributed by atoms with van der Waals surface area (Å²) in [5.74, 6) is 0. The van der Waals surface area contributed by atoms with Gasteiger partial charge in [0.2, 0.25) is 6.54 Å². The minimum absolute atomic E-state index is 0.0981. The van der Waals surface area contributed by atoms with E-state index in [9.17, 15) is 10.1 Å². The summed E-state index contributed by atoms with van der Waals surface area (Å²) in [6.45, 7) is 6.26. The largest absolute Gasteiger partial charge is 0.265 e. The van der Waals surface area contributed by atoms with Gasteiger partial charge in [-0.05, 0) is 5.41 Å². The smallest absolute Gasteiger partial charge is 0.204 e. The van der Waals surface area contributed by atoms with Crippen molar-refractivity contribution < 1.29 is 4.92 Å². The molecule has 60 valence electrons. The summed E-state index contributed by atoms with van der Waals surface area (Å²) >= 11 is 0. The van der Waals surface area contributed by atoms with E-state index in [2.05, 4.69) is 20.8 Å². The molecular weight excluding hydrogens is 130 g/mol. The van der Waals surface area contributed by atoms with Crippen LogP contribution in [-0.4, -0.2) is 11.5 Å². The van der Waals surface area contributed by atoms with Gasteiger partial charge in [0, 0.05) is 11.3 Å². The first-order valence-electron chi connectivity index (χ1n) is 3.60. The van der Waals surface area contributed by atoms with Gasteiger partial charge in [-0.25, -0.2) is 0 Å². The van der Waals surface area contributed by atoms with Crippen LogP contribution < -0.4 is 0 Å². The van der Waals surface area contributed by atoms with E-state index in [1.165, 1.54) is 0 Å². The molecule has 0 unspecified atom stereocenters. The molecule has 0 radical (unpaired) electrons. The third-order valence-corrected chi connectivity index (χ3v) is 1.93. The highest BCUT2D eigenvalue weighted by Gasteiger charge is 2.17. The zero-order chi connectivity index (χ0) is 8.20. The number of nitrogens with zero attached hydrogens (tertiary/aromatic N) is 1. The first-order chi connectivity index (χ1) is 4.48.